The van der Waals surface area contributed by atoms with Crippen molar-refractivity contribution >= 4 is 0 Å². The van der Waals surface area contributed by atoms with Crippen molar-refractivity contribution in [2.75, 3.05) is 20.6 Å². The number of likely N-dealkylation sites (N-methyl/N-ethyl adjacent to an activating group) is 1. The second-order valence-corrected chi connectivity index (χ2v) is 5.29. The molecule has 1 aromatic rings. The van der Waals surface area contributed by atoms with Crippen LogP contribution in [-0.4, -0.2) is 40.8 Å². The Morgan fingerprint density at radius 1 is 1.29 bits per heavy atom. The molecule has 4 heteroatoms. The van der Waals surface area contributed by atoms with E-state index in [1.54, 1.807) is 12.1 Å². The van der Waals surface area contributed by atoms with Gasteiger partial charge in [0.25, 0.3) is 0 Å². The van der Waals surface area contributed by atoms with Crippen molar-refractivity contribution in [2.24, 2.45) is 0 Å². The van der Waals surface area contributed by atoms with E-state index in [4.69, 9.17) is 0 Å². The highest BCUT2D eigenvalue weighted by Gasteiger charge is 2.22. The minimum absolute atomic E-state index is 0.0171. The smallest absolute Gasteiger partial charge is 0.182 e. The quantitative estimate of drug-likeness (QED) is 0.843. The van der Waals surface area contributed by atoms with Gasteiger partial charge in [-0.2, -0.15) is 0 Å². The van der Waals surface area contributed by atoms with Crippen LogP contribution in [0, 0.1) is 13.8 Å². The molecule has 0 saturated carbocycles. The summed E-state index contributed by atoms with van der Waals surface area (Å²) in [6.07, 6.45) is 0. The molecule has 0 amide bonds. The van der Waals surface area contributed by atoms with E-state index in [0.717, 1.165) is 11.4 Å². The predicted molar refractivity (Wildman–Crippen MR) is 69.4 cm³/mol. The van der Waals surface area contributed by atoms with Crippen molar-refractivity contribution in [1.29, 1.82) is 0 Å². The number of aryl methyl sites for hydroxylation is 2. The summed E-state index contributed by atoms with van der Waals surface area (Å²) in [5, 5.41) is 10.3. The molecule has 0 bridgehead atoms. The lowest BCUT2D eigenvalue weighted by molar-refractivity contribution is 0.0165. The summed E-state index contributed by atoms with van der Waals surface area (Å²) in [6, 6.07) is 3.19. The topological polar surface area (TPSA) is 45.5 Å². The van der Waals surface area contributed by atoms with Gasteiger partial charge in [-0.25, -0.2) is 0 Å². The van der Waals surface area contributed by atoms with Crippen molar-refractivity contribution in [3.05, 3.63) is 33.7 Å². The largest absolute Gasteiger partial charge is 0.387 e. The first-order chi connectivity index (χ1) is 7.71. The van der Waals surface area contributed by atoms with Crippen LogP contribution in [0.3, 0.4) is 0 Å². The van der Waals surface area contributed by atoms with Crippen LogP contribution < -0.4 is 5.43 Å². The molecule has 0 aromatic carbocycles. The molecule has 0 saturated heterocycles. The summed E-state index contributed by atoms with van der Waals surface area (Å²) in [5.74, 6) is 0. The van der Waals surface area contributed by atoms with Crippen LogP contribution >= 0.6 is 0 Å². The maximum absolute atomic E-state index is 11.3. The van der Waals surface area contributed by atoms with Gasteiger partial charge in [0.2, 0.25) is 0 Å². The fraction of sp³-hybridized carbons (Fsp3) is 0.615. The molecular weight excluding hydrogens is 216 g/mol. The van der Waals surface area contributed by atoms with E-state index in [9.17, 15) is 9.90 Å². The van der Waals surface area contributed by atoms with Crippen molar-refractivity contribution in [3.63, 3.8) is 0 Å². The lowest BCUT2D eigenvalue weighted by Gasteiger charge is -2.29. The number of pyridine rings is 1. The van der Waals surface area contributed by atoms with E-state index in [0.29, 0.717) is 13.1 Å². The molecule has 1 atom stereocenters. The first-order valence-corrected chi connectivity index (χ1v) is 5.76. The third-order valence-electron chi connectivity index (χ3n) is 2.71. The molecule has 4 nitrogen and oxygen atoms in total. The van der Waals surface area contributed by atoms with E-state index in [2.05, 4.69) is 0 Å². The second-order valence-electron chi connectivity index (χ2n) is 5.29. The highest BCUT2D eigenvalue weighted by Crippen LogP contribution is 2.12. The maximum Gasteiger partial charge on any atom is 0.182 e. The van der Waals surface area contributed by atoms with Crippen molar-refractivity contribution in [1.82, 2.24) is 9.47 Å². The van der Waals surface area contributed by atoms with Gasteiger partial charge in [-0.05, 0) is 34.9 Å². The predicted octanol–water partition coefficient (Wildman–Crippen LogP) is 0.778. The van der Waals surface area contributed by atoms with E-state index >= 15 is 0 Å². The molecule has 1 unspecified atom stereocenters. The average Bonchev–Trinajstić information content (AvgIpc) is 2.09. The van der Waals surface area contributed by atoms with Gasteiger partial charge in [0, 0.05) is 30.1 Å². The Kier molecular flexibility index (Phi) is 4.11. The fourth-order valence-corrected chi connectivity index (χ4v) is 2.21. The molecular formula is C13H22N2O2. The van der Waals surface area contributed by atoms with Crippen molar-refractivity contribution in [3.8, 4) is 0 Å². The molecule has 0 radical (unpaired) electrons. The molecule has 17 heavy (non-hydrogen) atoms. The van der Waals surface area contributed by atoms with Crippen LogP contribution in [0.1, 0.15) is 18.3 Å². The van der Waals surface area contributed by atoms with E-state index in [1.807, 2.05) is 44.3 Å². The second kappa shape index (κ2) is 5.02. The fourth-order valence-electron chi connectivity index (χ4n) is 2.21. The molecule has 96 valence electrons. The van der Waals surface area contributed by atoms with Crippen LogP contribution in [0.4, 0.5) is 0 Å². The monoisotopic (exact) mass is 238 g/mol. The summed E-state index contributed by atoms with van der Waals surface area (Å²) >= 11 is 0. The Morgan fingerprint density at radius 2 is 1.76 bits per heavy atom. The van der Waals surface area contributed by atoms with Crippen LogP contribution in [0.25, 0.3) is 0 Å². The molecule has 1 aromatic heterocycles. The normalized spacial score (nSPS) is 15.0. The number of nitrogens with zero attached hydrogens (tertiary/aromatic N) is 2. The van der Waals surface area contributed by atoms with Gasteiger partial charge in [-0.3, -0.25) is 4.79 Å². The molecule has 0 aliphatic carbocycles. The van der Waals surface area contributed by atoms with Crippen LogP contribution in [0.15, 0.2) is 16.9 Å². The summed E-state index contributed by atoms with van der Waals surface area (Å²) in [5.41, 5.74) is 0.972. The molecule has 0 spiro atoms. The number of hydrogen-bond acceptors (Lipinski definition) is 3. The molecule has 0 fully saturated rings. The highest BCUT2D eigenvalue weighted by atomic mass is 16.3. The average molecular weight is 238 g/mol. The van der Waals surface area contributed by atoms with Gasteiger partial charge in [0.05, 0.1) is 12.1 Å². The third kappa shape index (κ3) is 3.98. The SMILES string of the molecule is Cc1cc(=O)cc(C)n1CC(C)(O)CN(C)C. The van der Waals surface area contributed by atoms with E-state index < -0.39 is 5.60 Å². The Labute approximate surface area is 102 Å². The number of aromatic nitrogens is 1. The summed E-state index contributed by atoms with van der Waals surface area (Å²) in [7, 11) is 3.86. The zero-order chi connectivity index (χ0) is 13.2. The minimum atomic E-state index is -0.811. The summed E-state index contributed by atoms with van der Waals surface area (Å²) in [6.45, 7) is 6.66. The molecule has 1 rings (SSSR count). The summed E-state index contributed by atoms with van der Waals surface area (Å²) in [4.78, 5) is 13.3. The highest BCUT2D eigenvalue weighted by molar-refractivity contribution is 5.12. The van der Waals surface area contributed by atoms with E-state index in [-0.39, 0.29) is 5.43 Å². The zero-order valence-electron chi connectivity index (χ0n) is 11.3. The Morgan fingerprint density at radius 3 is 2.18 bits per heavy atom. The van der Waals surface area contributed by atoms with Gasteiger partial charge in [0.15, 0.2) is 5.43 Å². The lowest BCUT2D eigenvalue weighted by Crippen LogP contribution is -2.41. The van der Waals surface area contributed by atoms with Crippen LogP contribution in [0.5, 0.6) is 0 Å². The van der Waals surface area contributed by atoms with E-state index in [1.165, 1.54) is 0 Å². The molecule has 0 aliphatic heterocycles. The lowest BCUT2D eigenvalue weighted by atomic mass is 10.1. The first-order valence-electron chi connectivity index (χ1n) is 5.76. The third-order valence-corrected chi connectivity index (χ3v) is 2.71. The van der Waals surface area contributed by atoms with Gasteiger partial charge in [-0.1, -0.05) is 0 Å². The molecule has 1 heterocycles. The standard InChI is InChI=1S/C13H22N2O2/c1-10-6-12(16)7-11(2)15(10)9-13(3,17)8-14(4)5/h6-7,17H,8-9H2,1-5H3. The van der Waals surface area contributed by atoms with Gasteiger partial charge < -0.3 is 14.6 Å². The Balaban J connectivity index is 2.99. The summed E-state index contributed by atoms with van der Waals surface area (Å²) < 4.78 is 1.98. The van der Waals surface area contributed by atoms with Gasteiger partial charge >= 0.3 is 0 Å². The van der Waals surface area contributed by atoms with Crippen LogP contribution in [-0.2, 0) is 6.54 Å². The van der Waals surface area contributed by atoms with Gasteiger partial charge in [0.1, 0.15) is 0 Å². The van der Waals surface area contributed by atoms with Crippen LogP contribution in [0.2, 0.25) is 0 Å². The minimum Gasteiger partial charge on any atom is -0.387 e. The molecule has 1 N–H and O–H groups in total. The number of rotatable bonds is 4. The number of hydrogen-bond donors (Lipinski definition) is 1. The zero-order valence-corrected chi connectivity index (χ0v) is 11.3. The van der Waals surface area contributed by atoms with Crippen molar-refractivity contribution < 1.29 is 5.11 Å². The van der Waals surface area contributed by atoms with Crippen molar-refractivity contribution in [2.45, 2.75) is 32.9 Å². The Bertz CT molecular complexity index is 421. The first kappa shape index (κ1) is 13.9. The van der Waals surface area contributed by atoms with Gasteiger partial charge in [-0.15, -0.1) is 0 Å². The maximum atomic E-state index is 11.3. The molecule has 0 aliphatic rings. The number of aliphatic hydroxyl groups is 1. The Hall–Kier alpha value is -1.13.